The predicted molar refractivity (Wildman–Crippen MR) is 105 cm³/mol. The molecule has 11 heteroatoms. The smallest absolute Gasteiger partial charge is 0.329 e. The van der Waals surface area contributed by atoms with Gasteiger partial charge in [-0.15, -0.1) is 0 Å². The molecular weight excluding hydrogens is 433 g/mol. The first-order valence-corrected chi connectivity index (χ1v) is 10.2. The molecule has 0 fully saturated rings. The van der Waals surface area contributed by atoms with Crippen molar-refractivity contribution in [3.63, 3.8) is 0 Å². The minimum Gasteiger partial charge on any atom is -0.329 e. The van der Waals surface area contributed by atoms with Gasteiger partial charge in [0.05, 0.1) is 4.90 Å². The molecule has 3 heterocycles. The van der Waals surface area contributed by atoms with Gasteiger partial charge in [0, 0.05) is 24.8 Å². The van der Waals surface area contributed by atoms with Crippen molar-refractivity contribution < 1.29 is 26.1 Å². The van der Waals surface area contributed by atoms with E-state index in [1.54, 1.807) is 30.6 Å². The molecule has 1 aromatic carbocycles. The summed E-state index contributed by atoms with van der Waals surface area (Å²) >= 11 is 0. The van der Waals surface area contributed by atoms with Gasteiger partial charge in [0.1, 0.15) is 0 Å². The molecule has 4 aromatic rings. The van der Waals surface area contributed by atoms with Crippen LogP contribution in [0.4, 0.5) is 13.2 Å². The fourth-order valence-electron chi connectivity index (χ4n) is 2.70. The van der Waals surface area contributed by atoms with Crippen molar-refractivity contribution in [1.29, 1.82) is 0 Å². The van der Waals surface area contributed by atoms with Gasteiger partial charge in [-0.1, -0.05) is 23.4 Å². The number of benzene rings is 1. The van der Waals surface area contributed by atoms with Crippen LogP contribution < -0.4 is 0 Å². The minimum atomic E-state index is -4.73. The lowest BCUT2D eigenvalue weighted by Gasteiger charge is -2.07. The summed E-state index contributed by atoms with van der Waals surface area (Å²) in [5, 5.41) is 3.21. The van der Waals surface area contributed by atoms with Crippen LogP contribution >= 0.6 is 0 Å². The zero-order valence-corrected chi connectivity index (χ0v) is 16.4. The van der Waals surface area contributed by atoms with E-state index < -0.39 is 22.1 Å². The van der Waals surface area contributed by atoms with Gasteiger partial charge in [-0.3, -0.25) is 4.98 Å². The third kappa shape index (κ3) is 4.40. The van der Waals surface area contributed by atoms with Crippen LogP contribution in [0.15, 0.2) is 76.7 Å². The lowest BCUT2D eigenvalue weighted by molar-refractivity contribution is -0.159. The number of alkyl halides is 3. The minimum absolute atomic E-state index is 0.0826. The normalized spacial score (nSPS) is 12.5. The molecule has 0 unspecified atom stereocenters. The van der Waals surface area contributed by atoms with Crippen LogP contribution in [0.2, 0.25) is 0 Å². The van der Waals surface area contributed by atoms with Crippen LogP contribution in [-0.2, 0) is 16.2 Å². The van der Waals surface area contributed by atoms with Crippen molar-refractivity contribution in [2.75, 3.05) is 0 Å². The number of pyridine rings is 1. The molecule has 0 saturated carbocycles. The maximum absolute atomic E-state index is 12.8. The largest absolute Gasteiger partial charge is 0.471 e. The summed E-state index contributed by atoms with van der Waals surface area (Å²) in [6, 6.07) is 11.5. The predicted octanol–water partition coefficient (Wildman–Crippen LogP) is 4.36. The van der Waals surface area contributed by atoms with Crippen LogP contribution in [-0.4, -0.2) is 27.5 Å². The lowest BCUT2D eigenvalue weighted by atomic mass is 10.1. The summed E-state index contributed by atoms with van der Waals surface area (Å²) < 4.78 is 68.3. The van der Waals surface area contributed by atoms with Crippen molar-refractivity contribution in [2.45, 2.75) is 11.1 Å². The van der Waals surface area contributed by atoms with E-state index in [1.165, 1.54) is 42.7 Å². The maximum atomic E-state index is 12.8. The van der Waals surface area contributed by atoms with Crippen molar-refractivity contribution in [1.82, 2.24) is 19.1 Å². The number of hydrogen-bond acceptors (Lipinski definition) is 6. The quantitative estimate of drug-likeness (QED) is 0.453. The molecule has 0 saturated heterocycles. The zero-order valence-electron chi connectivity index (χ0n) is 15.6. The summed E-state index contributed by atoms with van der Waals surface area (Å²) in [6.45, 7) is 0. The standard InChI is InChI=1S/C20H13F3N4O3S/c21-20(22,23)19-25-18(26-30-19)8-3-14-9-11-27(13-14)31(28,29)17-6-4-15(5-7-17)16-2-1-10-24-12-16/h1-13H/b8-3+. The van der Waals surface area contributed by atoms with Crippen molar-refractivity contribution >= 4 is 22.2 Å². The highest BCUT2D eigenvalue weighted by Crippen LogP contribution is 2.27. The summed E-state index contributed by atoms with van der Waals surface area (Å²) in [5.41, 5.74) is 2.10. The van der Waals surface area contributed by atoms with E-state index in [0.29, 0.717) is 5.56 Å². The molecule has 0 aliphatic carbocycles. The Morgan fingerprint density at radius 2 is 1.77 bits per heavy atom. The number of halogens is 3. The topological polar surface area (TPSA) is 90.9 Å². The second kappa shape index (κ2) is 7.84. The van der Waals surface area contributed by atoms with Crippen molar-refractivity contribution in [2.24, 2.45) is 0 Å². The van der Waals surface area contributed by atoms with Gasteiger partial charge in [0.2, 0.25) is 0 Å². The number of nitrogens with zero attached hydrogens (tertiary/aromatic N) is 4. The second-order valence-corrected chi connectivity index (χ2v) is 8.18. The van der Waals surface area contributed by atoms with E-state index in [0.717, 1.165) is 15.1 Å². The van der Waals surface area contributed by atoms with Gasteiger partial charge in [-0.2, -0.15) is 18.2 Å². The highest BCUT2D eigenvalue weighted by atomic mass is 32.2. The average molecular weight is 446 g/mol. The monoisotopic (exact) mass is 446 g/mol. The molecule has 158 valence electrons. The Kier molecular flexibility index (Phi) is 5.19. The average Bonchev–Trinajstić information content (AvgIpc) is 3.43. The first-order valence-electron chi connectivity index (χ1n) is 8.76. The van der Waals surface area contributed by atoms with E-state index in [2.05, 4.69) is 19.6 Å². The molecular formula is C20H13F3N4O3S. The Morgan fingerprint density at radius 1 is 1.00 bits per heavy atom. The van der Waals surface area contributed by atoms with E-state index in [4.69, 9.17) is 0 Å². The third-order valence-corrected chi connectivity index (χ3v) is 5.87. The summed E-state index contributed by atoms with van der Waals surface area (Å²) in [6.07, 6.45) is 3.82. The molecule has 7 nitrogen and oxygen atoms in total. The highest BCUT2D eigenvalue weighted by Gasteiger charge is 2.38. The molecule has 0 aliphatic rings. The molecule has 3 aromatic heterocycles. The molecule has 0 spiro atoms. The molecule has 0 bridgehead atoms. The Morgan fingerprint density at radius 3 is 2.42 bits per heavy atom. The first-order chi connectivity index (χ1) is 14.7. The Bertz CT molecular complexity index is 1330. The third-order valence-electron chi connectivity index (χ3n) is 4.22. The van der Waals surface area contributed by atoms with Gasteiger partial charge in [-0.05, 0) is 53.1 Å². The fourth-order valence-corrected chi connectivity index (χ4v) is 3.91. The highest BCUT2D eigenvalue weighted by molar-refractivity contribution is 7.90. The van der Waals surface area contributed by atoms with E-state index in [-0.39, 0.29) is 10.7 Å². The van der Waals surface area contributed by atoms with Crippen LogP contribution in [0.1, 0.15) is 17.3 Å². The van der Waals surface area contributed by atoms with Gasteiger partial charge in [0.25, 0.3) is 10.0 Å². The molecule has 0 radical (unpaired) electrons. The van der Waals surface area contributed by atoms with E-state index >= 15 is 0 Å². The Hall–Kier alpha value is -3.73. The van der Waals surface area contributed by atoms with Gasteiger partial charge >= 0.3 is 12.1 Å². The molecule has 0 N–H and O–H groups in total. The lowest BCUT2D eigenvalue weighted by Crippen LogP contribution is -2.10. The van der Waals surface area contributed by atoms with Crippen LogP contribution in [0.25, 0.3) is 23.3 Å². The number of hydrogen-bond donors (Lipinski definition) is 0. The first kappa shape index (κ1) is 20.5. The molecule has 0 atom stereocenters. The SMILES string of the molecule is O=S(=O)(c1ccc(-c2cccnc2)cc1)n1ccc(/C=C/c2noc(C(F)(F)F)n2)c1. The van der Waals surface area contributed by atoms with Crippen LogP contribution in [0.3, 0.4) is 0 Å². The zero-order chi connectivity index (χ0) is 22.1. The summed E-state index contributed by atoms with van der Waals surface area (Å²) in [5.74, 6) is -1.74. The molecule has 0 amide bonds. The van der Waals surface area contributed by atoms with Gasteiger partial charge in [0.15, 0.2) is 5.82 Å². The van der Waals surface area contributed by atoms with Gasteiger partial charge in [-0.25, -0.2) is 12.4 Å². The fraction of sp³-hybridized carbons (Fsp3) is 0.0500. The van der Waals surface area contributed by atoms with E-state index in [9.17, 15) is 21.6 Å². The Labute approximate surface area is 174 Å². The number of rotatable bonds is 5. The van der Waals surface area contributed by atoms with Crippen LogP contribution in [0.5, 0.6) is 0 Å². The Balaban J connectivity index is 1.53. The van der Waals surface area contributed by atoms with Gasteiger partial charge < -0.3 is 4.52 Å². The van der Waals surface area contributed by atoms with E-state index in [1.807, 2.05) is 6.07 Å². The summed E-state index contributed by atoms with van der Waals surface area (Å²) in [7, 11) is -3.85. The molecule has 4 rings (SSSR count). The van der Waals surface area contributed by atoms with Crippen molar-refractivity contribution in [3.05, 3.63) is 84.5 Å². The molecule has 0 aliphatic heterocycles. The number of aromatic nitrogens is 4. The summed E-state index contributed by atoms with van der Waals surface area (Å²) in [4.78, 5) is 7.33. The molecule has 31 heavy (non-hydrogen) atoms. The second-order valence-electron chi connectivity index (χ2n) is 6.33. The van der Waals surface area contributed by atoms with Crippen molar-refractivity contribution in [3.8, 4) is 11.1 Å². The maximum Gasteiger partial charge on any atom is 0.471 e. The van der Waals surface area contributed by atoms with Crippen LogP contribution in [0, 0.1) is 0 Å².